The Kier molecular flexibility index (Phi) is 5.27. The third kappa shape index (κ3) is 4.51. The highest BCUT2D eigenvalue weighted by Crippen LogP contribution is 2.32. The van der Waals surface area contributed by atoms with Crippen LogP contribution < -0.4 is 15.5 Å². The number of nitrogens with zero attached hydrogens (tertiary/aromatic N) is 2. The lowest BCUT2D eigenvalue weighted by Crippen LogP contribution is -2.44. The van der Waals surface area contributed by atoms with Crippen molar-refractivity contribution in [3.63, 3.8) is 0 Å². The molecule has 1 aliphatic heterocycles. The Morgan fingerprint density at radius 1 is 1.12 bits per heavy atom. The van der Waals surface area contributed by atoms with Crippen LogP contribution in [-0.2, 0) is 9.59 Å². The first-order valence-electron chi connectivity index (χ1n) is 9.10. The number of hydrogen-bond donors (Lipinski definition) is 2. The molecule has 1 heterocycles. The van der Waals surface area contributed by atoms with Crippen LogP contribution in [0.15, 0.2) is 18.2 Å². The molecule has 2 N–H and O–H groups in total. The quantitative estimate of drug-likeness (QED) is 0.815. The molecule has 136 valence electrons. The van der Waals surface area contributed by atoms with Gasteiger partial charge in [-0.3, -0.25) is 9.59 Å². The normalized spacial score (nSPS) is 19.4. The number of carbonyl (C=O) groups excluding carboxylic acids is 2. The zero-order valence-corrected chi connectivity index (χ0v) is 15.3. The highest BCUT2D eigenvalue weighted by atomic mass is 16.2. The van der Waals surface area contributed by atoms with E-state index in [1.165, 1.54) is 0 Å². The average Bonchev–Trinajstić information content (AvgIpc) is 3.42. The Balaban J connectivity index is 1.58. The van der Waals surface area contributed by atoms with Crippen molar-refractivity contribution < 1.29 is 9.59 Å². The fourth-order valence-electron chi connectivity index (χ4n) is 3.21. The first kappa shape index (κ1) is 17.7. The molecule has 1 saturated carbocycles. The molecule has 1 atom stereocenters. The molecule has 1 aliphatic carbocycles. The van der Waals surface area contributed by atoms with Crippen LogP contribution in [0.4, 0.5) is 11.4 Å². The van der Waals surface area contributed by atoms with Gasteiger partial charge in [-0.05, 0) is 63.4 Å². The van der Waals surface area contributed by atoms with Gasteiger partial charge in [-0.2, -0.15) is 0 Å². The van der Waals surface area contributed by atoms with Gasteiger partial charge in [0.25, 0.3) is 0 Å². The van der Waals surface area contributed by atoms with Crippen molar-refractivity contribution in [1.82, 2.24) is 10.2 Å². The minimum atomic E-state index is -0.594. The number of rotatable bonds is 4. The summed E-state index contributed by atoms with van der Waals surface area (Å²) in [7, 11) is 2.14. The molecule has 0 radical (unpaired) electrons. The third-order valence-electron chi connectivity index (χ3n) is 5.22. The number of aryl methyl sites for hydroxylation is 1. The van der Waals surface area contributed by atoms with Crippen LogP contribution in [0.5, 0.6) is 0 Å². The van der Waals surface area contributed by atoms with Crippen molar-refractivity contribution in [2.75, 3.05) is 43.4 Å². The summed E-state index contributed by atoms with van der Waals surface area (Å²) in [5.74, 6) is -0.619. The Morgan fingerprint density at radius 3 is 2.40 bits per heavy atom. The Morgan fingerprint density at radius 2 is 1.80 bits per heavy atom. The Bertz CT molecular complexity index is 649. The molecule has 2 fully saturated rings. The molecule has 0 spiro atoms. The molecule has 1 unspecified atom stereocenters. The number of piperazine rings is 1. The summed E-state index contributed by atoms with van der Waals surface area (Å²) in [6.07, 6.45) is 2.27. The fourth-order valence-corrected chi connectivity index (χ4v) is 3.21. The minimum Gasteiger partial charge on any atom is -0.369 e. The van der Waals surface area contributed by atoms with Gasteiger partial charge < -0.3 is 20.4 Å². The smallest absolute Gasteiger partial charge is 0.313 e. The van der Waals surface area contributed by atoms with Crippen LogP contribution in [0, 0.1) is 12.8 Å². The molecule has 1 saturated heterocycles. The van der Waals surface area contributed by atoms with Gasteiger partial charge in [-0.15, -0.1) is 0 Å². The molecule has 0 aromatic heterocycles. The van der Waals surface area contributed by atoms with Crippen LogP contribution >= 0.6 is 0 Å². The maximum absolute atomic E-state index is 12.1. The number of amides is 2. The molecule has 2 amide bonds. The summed E-state index contributed by atoms with van der Waals surface area (Å²) < 4.78 is 0. The summed E-state index contributed by atoms with van der Waals surface area (Å²) in [6, 6.07) is 6.04. The van der Waals surface area contributed by atoms with E-state index in [1.54, 1.807) is 0 Å². The van der Waals surface area contributed by atoms with Crippen LogP contribution in [0.1, 0.15) is 25.3 Å². The molecule has 25 heavy (non-hydrogen) atoms. The molecule has 0 bridgehead atoms. The van der Waals surface area contributed by atoms with Crippen LogP contribution in [0.25, 0.3) is 0 Å². The van der Waals surface area contributed by atoms with Crippen molar-refractivity contribution in [2.24, 2.45) is 5.92 Å². The Labute approximate surface area is 149 Å². The monoisotopic (exact) mass is 344 g/mol. The van der Waals surface area contributed by atoms with Crippen molar-refractivity contribution in [1.29, 1.82) is 0 Å². The lowest BCUT2D eigenvalue weighted by Gasteiger charge is -2.34. The van der Waals surface area contributed by atoms with Crippen molar-refractivity contribution in [2.45, 2.75) is 32.7 Å². The highest BCUT2D eigenvalue weighted by molar-refractivity contribution is 6.39. The number of benzene rings is 1. The van der Waals surface area contributed by atoms with E-state index in [0.29, 0.717) is 11.6 Å². The molecular weight excluding hydrogens is 316 g/mol. The lowest BCUT2D eigenvalue weighted by atomic mass is 10.1. The number of likely N-dealkylation sites (N-methyl/N-ethyl adjacent to an activating group) is 1. The summed E-state index contributed by atoms with van der Waals surface area (Å²) >= 11 is 0. The number of anilines is 2. The van der Waals surface area contributed by atoms with Crippen molar-refractivity contribution in [3.05, 3.63) is 23.8 Å². The third-order valence-corrected chi connectivity index (χ3v) is 5.22. The zero-order valence-electron chi connectivity index (χ0n) is 15.3. The second-order valence-corrected chi connectivity index (χ2v) is 7.34. The predicted octanol–water partition coefficient (Wildman–Crippen LogP) is 1.60. The van der Waals surface area contributed by atoms with Gasteiger partial charge in [-0.25, -0.2) is 0 Å². The second kappa shape index (κ2) is 7.44. The largest absolute Gasteiger partial charge is 0.369 e. The number of nitrogens with one attached hydrogen (secondary N) is 2. The van der Waals surface area contributed by atoms with E-state index >= 15 is 0 Å². The molecule has 6 nitrogen and oxygen atoms in total. The molecular formula is C19H28N4O2. The van der Waals surface area contributed by atoms with E-state index < -0.39 is 11.8 Å². The summed E-state index contributed by atoms with van der Waals surface area (Å²) in [6.45, 7) is 8.03. The maximum Gasteiger partial charge on any atom is 0.313 e. The summed E-state index contributed by atoms with van der Waals surface area (Å²) in [4.78, 5) is 28.8. The van der Waals surface area contributed by atoms with E-state index in [0.717, 1.165) is 50.3 Å². The number of hydrogen-bond acceptors (Lipinski definition) is 4. The van der Waals surface area contributed by atoms with Gasteiger partial charge in [0.2, 0.25) is 0 Å². The van der Waals surface area contributed by atoms with Gasteiger partial charge in [0.1, 0.15) is 0 Å². The minimum absolute atomic E-state index is 0.0685. The fraction of sp³-hybridized carbons (Fsp3) is 0.579. The van der Waals surface area contributed by atoms with Crippen molar-refractivity contribution in [3.8, 4) is 0 Å². The van der Waals surface area contributed by atoms with E-state index in [1.807, 2.05) is 26.0 Å². The standard InChI is InChI=1S/C19H28N4O2/c1-13-12-16(23-10-8-22(3)9-11-23)6-7-17(13)21-19(25)18(24)20-14(2)15-4-5-15/h6-7,12,14-15H,4-5,8-11H2,1-3H3,(H,20,24)(H,21,25). The van der Waals surface area contributed by atoms with Crippen LogP contribution in [0.2, 0.25) is 0 Å². The average molecular weight is 344 g/mol. The molecule has 1 aromatic rings. The summed E-state index contributed by atoms with van der Waals surface area (Å²) in [5.41, 5.74) is 2.82. The SMILES string of the molecule is Cc1cc(N2CCN(C)CC2)ccc1NC(=O)C(=O)NC(C)C1CC1. The van der Waals surface area contributed by atoms with E-state index in [4.69, 9.17) is 0 Å². The predicted molar refractivity (Wildman–Crippen MR) is 99.8 cm³/mol. The molecule has 6 heteroatoms. The zero-order chi connectivity index (χ0) is 18.0. The van der Waals surface area contributed by atoms with Gasteiger partial charge in [0.15, 0.2) is 0 Å². The summed E-state index contributed by atoms with van der Waals surface area (Å²) in [5, 5.41) is 5.52. The molecule has 2 aliphatic rings. The molecule has 1 aromatic carbocycles. The van der Waals surface area contributed by atoms with Gasteiger partial charge in [0, 0.05) is 43.6 Å². The maximum atomic E-state index is 12.1. The Hall–Kier alpha value is -2.08. The first-order chi connectivity index (χ1) is 11.9. The van der Waals surface area contributed by atoms with E-state index in [-0.39, 0.29) is 6.04 Å². The van der Waals surface area contributed by atoms with Crippen LogP contribution in [-0.4, -0.2) is 56.0 Å². The highest BCUT2D eigenvalue weighted by Gasteiger charge is 2.30. The van der Waals surface area contributed by atoms with Crippen molar-refractivity contribution >= 4 is 23.2 Å². The number of carbonyl (C=O) groups is 2. The van der Waals surface area contributed by atoms with Gasteiger partial charge >= 0.3 is 11.8 Å². The lowest BCUT2D eigenvalue weighted by molar-refractivity contribution is -0.136. The second-order valence-electron chi connectivity index (χ2n) is 7.34. The first-order valence-corrected chi connectivity index (χ1v) is 9.10. The van der Waals surface area contributed by atoms with E-state index in [2.05, 4.69) is 33.5 Å². The van der Waals surface area contributed by atoms with E-state index in [9.17, 15) is 9.59 Å². The van der Waals surface area contributed by atoms with Gasteiger partial charge in [0.05, 0.1) is 0 Å². The molecule has 3 rings (SSSR count). The van der Waals surface area contributed by atoms with Gasteiger partial charge in [-0.1, -0.05) is 0 Å². The van der Waals surface area contributed by atoms with Crippen LogP contribution in [0.3, 0.4) is 0 Å². The topological polar surface area (TPSA) is 64.7 Å².